The number of hydrogen-bond donors (Lipinski definition) is 2. The second-order valence-electron chi connectivity index (χ2n) is 5.14. The van der Waals surface area contributed by atoms with Gasteiger partial charge >= 0.3 is 0 Å². The van der Waals surface area contributed by atoms with Crippen LogP contribution in [0.2, 0.25) is 0 Å². The monoisotopic (exact) mass is 273 g/mol. The summed E-state index contributed by atoms with van der Waals surface area (Å²) in [6.45, 7) is 3.83. The number of hydrogen-bond acceptors (Lipinski definition) is 3. The molecule has 0 spiro atoms. The predicted molar refractivity (Wildman–Crippen MR) is 80.6 cm³/mol. The van der Waals surface area contributed by atoms with Crippen molar-refractivity contribution in [1.82, 2.24) is 9.88 Å². The normalized spacial score (nSPS) is 12.6. The molecule has 3 N–H and O–H groups in total. The van der Waals surface area contributed by atoms with Crippen LogP contribution in [0, 0.1) is 5.92 Å². The fraction of sp³-hybridized carbons (Fsp3) is 0.333. The zero-order chi connectivity index (χ0) is 14.9. The van der Waals surface area contributed by atoms with Gasteiger partial charge < -0.3 is 15.6 Å². The quantitative estimate of drug-likeness (QED) is 0.832. The van der Waals surface area contributed by atoms with Gasteiger partial charge in [-0.1, -0.05) is 19.9 Å². The SMILES string of the molecule is CNC(=O)C(C(C)C)n1ccc2c(N)cccc2c1=O. The van der Waals surface area contributed by atoms with Crippen LogP contribution in [0.15, 0.2) is 35.3 Å². The minimum Gasteiger partial charge on any atom is -0.398 e. The van der Waals surface area contributed by atoms with Gasteiger partial charge in [-0.3, -0.25) is 9.59 Å². The summed E-state index contributed by atoms with van der Waals surface area (Å²) >= 11 is 0. The van der Waals surface area contributed by atoms with Gasteiger partial charge in [0.15, 0.2) is 0 Å². The summed E-state index contributed by atoms with van der Waals surface area (Å²) in [6, 6.07) is 6.48. The van der Waals surface area contributed by atoms with Crippen molar-refractivity contribution in [2.45, 2.75) is 19.9 Å². The zero-order valence-electron chi connectivity index (χ0n) is 11.9. The molecule has 5 heteroatoms. The van der Waals surface area contributed by atoms with E-state index in [0.29, 0.717) is 16.5 Å². The fourth-order valence-electron chi connectivity index (χ4n) is 2.43. The van der Waals surface area contributed by atoms with Gasteiger partial charge in [-0.05, 0) is 24.1 Å². The van der Waals surface area contributed by atoms with Gasteiger partial charge in [-0.2, -0.15) is 0 Å². The van der Waals surface area contributed by atoms with Crippen LogP contribution in [0.3, 0.4) is 0 Å². The Morgan fingerprint density at radius 2 is 1.95 bits per heavy atom. The number of carbonyl (C=O) groups is 1. The van der Waals surface area contributed by atoms with Crippen LogP contribution in [0.5, 0.6) is 0 Å². The van der Waals surface area contributed by atoms with Gasteiger partial charge in [-0.25, -0.2) is 0 Å². The van der Waals surface area contributed by atoms with Crippen LogP contribution in [-0.4, -0.2) is 17.5 Å². The van der Waals surface area contributed by atoms with Crippen LogP contribution < -0.4 is 16.6 Å². The number of fused-ring (bicyclic) bond motifs is 1. The molecule has 0 bridgehead atoms. The minimum atomic E-state index is -0.529. The fourth-order valence-corrected chi connectivity index (χ4v) is 2.43. The van der Waals surface area contributed by atoms with E-state index in [9.17, 15) is 9.59 Å². The molecule has 0 fully saturated rings. The number of nitrogens with one attached hydrogen (secondary N) is 1. The molecule has 1 amide bonds. The van der Waals surface area contributed by atoms with E-state index in [1.807, 2.05) is 13.8 Å². The Hall–Kier alpha value is -2.30. The van der Waals surface area contributed by atoms with Gasteiger partial charge in [0.25, 0.3) is 5.56 Å². The van der Waals surface area contributed by atoms with Gasteiger partial charge in [0.2, 0.25) is 5.91 Å². The highest BCUT2D eigenvalue weighted by molar-refractivity contribution is 5.92. The third-order valence-electron chi connectivity index (χ3n) is 3.45. The van der Waals surface area contributed by atoms with Crippen molar-refractivity contribution >= 4 is 22.4 Å². The molecule has 1 atom stereocenters. The molecular formula is C15H19N3O2. The molecule has 1 unspecified atom stereocenters. The summed E-state index contributed by atoms with van der Waals surface area (Å²) in [7, 11) is 1.57. The van der Waals surface area contributed by atoms with Crippen molar-refractivity contribution in [3.05, 3.63) is 40.8 Å². The van der Waals surface area contributed by atoms with Crippen LogP contribution in [-0.2, 0) is 4.79 Å². The van der Waals surface area contributed by atoms with Crippen LogP contribution in [0.1, 0.15) is 19.9 Å². The van der Waals surface area contributed by atoms with Gasteiger partial charge in [-0.15, -0.1) is 0 Å². The van der Waals surface area contributed by atoms with E-state index >= 15 is 0 Å². The summed E-state index contributed by atoms with van der Waals surface area (Å²) in [6.07, 6.45) is 1.64. The lowest BCUT2D eigenvalue weighted by atomic mass is 10.0. The molecule has 1 heterocycles. The second-order valence-corrected chi connectivity index (χ2v) is 5.14. The van der Waals surface area contributed by atoms with Gasteiger partial charge in [0.05, 0.1) is 0 Å². The Balaban J connectivity index is 2.69. The maximum Gasteiger partial charge on any atom is 0.259 e. The number of aromatic nitrogens is 1. The van der Waals surface area contributed by atoms with E-state index < -0.39 is 6.04 Å². The first-order chi connectivity index (χ1) is 9.47. The summed E-state index contributed by atoms with van der Waals surface area (Å²) < 4.78 is 1.48. The Bertz CT molecular complexity index is 704. The van der Waals surface area contributed by atoms with Crippen molar-refractivity contribution in [3.63, 3.8) is 0 Å². The van der Waals surface area contributed by atoms with E-state index in [2.05, 4.69) is 5.32 Å². The average molecular weight is 273 g/mol. The second kappa shape index (κ2) is 5.36. The van der Waals surface area contributed by atoms with Gasteiger partial charge in [0, 0.05) is 29.7 Å². The molecule has 0 aliphatic rings. The molecule has 0 radical (unpaired) electrons. The molecule has 0 saturated heterocycles. The molecule has 5 nitrogen and oxygen atoms in total. The number of nitrogens with two attached hydrogens (primary N) is 1. The molecule has 1 aromatic heterocycles. The Morgan fingerprint density at radius 1 is 1.25 bits per heavy atom. The number of nitrogens with zero attached hydrogens (tertiary/aromatic N) is 1. The average Bonchev–Trinajstić information content (AvgIpc) is 2.41. The minimum absolute atomic E-state index is 0.00570. The number of nitrogen functional groups attached to an aromatic ring is 1. The van der Waals surface area contributed by atoms with E-state index in [4.69, 9.17) is 5.73 Å². The lowest BCUT2D eigenvalue weighted by Crippen LogP contribution is -2.38. The third-order valence-corrected chi connectivity index (χ3v) is 3.45. The highest BCUT2D eigenvalue weighted by atomic mass is 16.2. The topological polar surface area (TPSA) is 77.1 Å². The van der Waals surface area contributed by atoms with Crippen LogP contribution in [0.25, 0.3) is 10.8 Å². The number of rotatable bonds is 3. The Morgan fingerprint density at radius 3 is 2.55 bits per heavy atom. The molecule has 2 rings (SSSR count). The largest absolute Gasteiger partial charge is 0.398 e. The van der Waals surface area contributed by atoms with E-state index in [1.54, 1.807) is 37.5 Å². The van der Waals surface area contributed by atoms with E-state index in [-0.39, 0.29) is 17.4 Å². The van der Waals surface area contributed by atoms with Crippen molar-refractivity contribution < 1.29 is 4.79 Å². The molecule has 1 aromatic carbocycles. The third kappa shape index (κ3) is 2.27. The van der Waals surface area contributed by atoms with Crippen molar-refractivity contribution in [2.24, 2.45) is 5.92 Å². The van der Waals surface area contributed by atoms with Crippen molar-refractivity contribution in [3.8, 4) is 0 Å². The number of benzene rings is 1. The Kier molecular flexibility index (Phi) is 3.79. The van der Waals surface area contributed by atoms with Crippen molar-refractivity contribution in [2.75, 3.05) is 12.8 Å². The lowest BCUT2D eigenvalue weighted by Gasteiger charge is -2.22. The Labute approximate surface area is 117 Å². The molecule has 20 heavy (non-hydrogen) atoms. The van der Waals surface area contributed by atoms with Crippen LogP contribution >= 0.6 is 0 Å². The maximum absolute atomic E-state index is 12.6. The number of carbonyl (C=O) groups excluding carboxylic acids is 1. The number of amides is 1. The first-order valence-corrected chi connectivity index (χ1v) is 6.58. The molecule has 106 valence electrons. The standard InChI is InChI=1S/C15H19N3O2/c1-9(2)13(14(19)17-3)18-8-7-10-11(15(18)20)5-4-6-12(10)16/h4-9,13H,16H2,1-3H3,(H,17,19). The number of likely N-dealkylation sites (N-methyl/N-ethyl adjacent to an activating group) is 1. The summed E-state index contributed by atoms with van der Waals surface area (Å²) in [5.74, 6) is -0.170. The molecular weight excluding hydrogens is 254 g/mol. The van der Waals surface area contributed by atoms with E-state index in [0.717, 1.165) is 0 Å². The summed E-state index contributed by atoms with van der Waals surface area (Å²) in [5, 5.41) is 3.85. The maximum atomic E-state index is 12.6. The van der Waals surface area contributed by atoms with Gasteiger partial charge in [0.1, 0.15) is 6.04 Å². The van der Waals surface area contributed by atoms with Crippen LogP contribution in [0.4, 0.5) is 5.69 Å². The first kappa shape index (κ1) is 14.1. The highest BCUT2D eigenvalue weighted by Gasteiger charge is 2.24. The zero-order valence-corrected chi connectivity index (χ0v) is 11.9. The van der Waals surface area contributed by atoms with E-state index in [1.165, 1.54) is 4.57 Å². The number of anilines is 1. The highest BCUT2D eigenvalue weighted by Crippen LogP contribution is 2.21. The molecule has 0 saturated carbocycles. The van der Waals surface area contributed by atoms with Crippen molar-refractivity contribution in [1.29, 1.82) is 0 Å². The summed E-state index contributed by atoms with van der Waals surface area (Å²) in [5.41, 5.74) is 6.24. The molecule has 0 aliphatic heterocycles. The number of pyridine rings is 1. The molecule has 2 aromatic rings. The predicted octanol–water partition coefficient (Wildman–Crippen LogP) is 1.53. The smallest absolute Gasteiger partial charge is 0.259 e. The molecule has 0 aliphatic carbocycles. The first-order valence-electron chi connectivity index (χ1n) is 6.58. The lowest BCUT2D eigenvalue weighted by molar-refractivity contribution is -0.125. The summed E-state index contributed by atoms with van der Waals surface area (Å²) in [4.78, 5) is 24.6.